The Bertz CT molecular complexity index is 896. The molecule has 3 aromatic rings. The van der Waals surface area contributed by atoms with Gasteiger partial charge in [0.1, 0.15) is 0 Å². The number of nitrogens with zero attached hydrogens (tertiary/aromatic N) is 2. The van der Waals surface area contributed by atoms with Gasteiger partial charge in [0, 0.05) is 44.2 Å². The first-order valence-electron chi connectivity index (χ1n) is 7.95. The van der Waals surface area contributed by atoms with Crippen LogP contribution in [-0.4, -0.2) is 12.4 Å². The van der Waals surface area contributed by atoms with Crippen LogP contribution in [-0.2, 0) is 0 Å². The molecule has 3 aromatic carbocycles. The SMILES string of the molecule is Clc1ccccc1/C=N/C(/N=C/c1ccccc1Cl)c1ccccc1Cl. The van der Waals surface area contributed by atoms with E-state index in [1.54, 1.807) is 12.4 Å². The minimum absolute atomic E-state index is 0.503. The number of aliphatic imine (C=N–C) groups is 2. The Morgan fingerprint density at radius 2 is 1.00 bits per heavy atom. The molecule has 0 radical (unpaired) electrons. The molecule has 0 aliphatic rings. The lowest BCUT2D eigenvalue weighted by molar-refractivity contribution is 0.787. The molecule has 0 saturated heterocycles. The van der Waals surface area contributed by atoms with Crippen LogP contribution in [0.2, 0.25) is 15.1 Å². The van der Waals surface area contributed by atoms with Crippen molar-refractivity contribution in [2.45, 2.75) is 6.17 Å². The van der Waals surface area contributed by atoms with Crippen LogP contribution in [0.4, 0.5) is 0 Å². The number of rotatable bonds is 5. The van der Waals surface area contributed by atoms with Gasteiger partial charge in [0.2, 0.25) is 0 Å². The van der Waals surface area contributed by atoms with E-state index in [-0.39, 0.29) is 0 Å². The molecule has 3 rings (SSSR count). The van der Waals surface area contributed by atoms with Gasteiger partial charge in [-0.2, -0.15) is 0 Å². The summed E-state index contributed by atoms with van der Waals surface area (Å²) in [7, 11) is 0. The molecule has 0 saturated carbocycles. The van der Waals surface area contributed by atoms with Gasteiger partial charge in [-0.3, -0.25) is 9.98 Å². The Labute approximate surface area is 167 Å². The fourth-order valence-electron chi connectivity index (χ4n) is 2.34. The van der Waals surface area contributed by atoms with E-state index in [2.05, 4.69) is 9.98 Å². The van der Waals surface area contributed by atoms with E-state index in [1.807, 2.05) is 72.8 Å². The van der Waals surface area contributed by atoms with Crippen molar-refractivity contribution < 1.29 is 0 Å². The summed E-state index contributed by atoms with van der Waals surface area (Å²) in [6, 6.07) is 22.5. The van der Waals surface area contributed by atoms with Crippen molar-refractivity contribution >= 4 is 47.2 Å². The summed E-state index contributed by atoms with van der Waals surface area (Å²) >= 11 is 18.8. The predicted octanol–water partition coefficient (Wildman–Crippen LogP) is 6.88. The van der Waals surface area contributed by atoms with Gasteiger partial charge < -0.3 is 0 Å². The van der Waals surface area contributed by atoms with Gasteiger partial charge in [-0.25, -0.2) is 0 Å². The molecule has 0 aliphatic heterocycles. The summed E-state index contributed by atoms with van der Waals surface area (Å²) in [6.07, 6.45) is 2.91. The van der Waals surface area contributed by atoms with E-state index in [9.17, 15) is 0 Å². The second-order valence-electron chi connectivity index (χ2n) is 5.49. The standard InChI is InChI=1S/C21H15Cl3N2/c22-18-10-4-1-7-15(18)13-25-21(17-9-3-6-12-20(17)24)26-14-16-8-2-5-11-19(16)23/h1-14,21H/b25-13+,26-14+. The molecule has 5 heteroatoms. The number of halogens is 3. The van der Waals surface area contributed by atoms with Gasteiger partial charge in [0.25, 0.3) is 0 Å². The van der Waals surface area contributed by atoms with E-state index in [1.165, 1.54) is 0 Å². The Kier molecular flexibility index (Phi) is 6.45. The summed E-state index contributed by atoms with van der Waals surface area (Å²) in [6.45, 7) is 0. The molecule has 26 heavy (non-hydrogen) atoms. The highest BCUT2D eigenvalue weighted by Gasteiger charge is 2.11. The minimum Gasteiger partial charge on any atom is -0.261 e. The lowest BCUT2D eigenvalue weighted by atomic mass is 10.1. The van der Waals surface area contributed by atoms with Crippen LogP contribution in [0.25, 0.3) is 0 Å². The normalized spacial score (nSPS) is 11.7. The molecule has 0 fully saturated rings. The Hall–Kier alpha value is -2.13. The van der Waals surface area contributed by atoms with E-state index >= 15 is 0 Å². The summed E-state index contributed by atoms with van der Waals surface area (Å²) in [5.74, 6) is 0. The van der Waals surface area contributed by atoms with Gasteiger partial charge in [-0.1, -0.05) is 89.4 Å². The summed E-state index contributed by atoms with van der Waals surface area (Å²) in [4.78, 5) is 9.19. The maximum Gasteiger partial charge on any atom is 0.166 e. The third-order valence-corrected chi connectivity index (χ3v) is 4.74. The van der Waals surface area contributed by atoms with E-state index in [0.29, 0.717) is 15.1 Å². The van der Waals surface area contributed by atoms with Gasteiger partial charge >= 0.3 is 0 Å². The molecule has 130 valence electrons. The Morgan fingerprint density at radius 1 is 0.577 bits per heavy atom. The van der Waals surface area contributed by atoms with Crippen LogP contribution in [0, 0.1) is 0 Å². The quantitative estimate of drug-likeness (QED) is 0.416. The fourth-order valence-corrected chi connectivity index (χ4v) is 2.95. The minimum atomic E-state index is -0.503. The second-order valence-corrected chi connectivity index (χ2v) is 6.72. The van der Waals surface area contributed by atoms with Crippen molar-refractivity contribution in [1.82, 2.24) is 0 Å². The Morgan fingerprint density at radius 3 is 1.46 bits per heavy atom. The first-order chi connectivity index (χ1) is 12.6. The van der Waals surface area contributed by atoms with Gasteiger partial charge in [0.15, 0.2) is 6.17 Å². The molecule has 0 heterocycles. The number of hydrogen-bond acceptors (Lipinski definition) is 2. The van der Waals surface area contributed by atoms with E-state index in [4.69, 9.17) is 34.8 Å². The molecular formula is C21H15Cl3N2. The number of benzene rings is 3. The molecular weight excluding hydrogens is 387 g/mol. The summed E-state index contributed by atoms with van der Waals surface area (Å²) in [5.41, 5.74) is 2.44. The van der Waals surface area contributed by atoms with Crippen molar-refractivity contribution in [3.8, 4) is 0 Å². The molecule has 0 bridgehead atoms. The van der Waals surface area contributed by atoms with E-state index in [0.717, 1.165) is 16.7 Å². The van der Waals surface area contributed by atoms with E-state index < -0.39 is 6.17 Å². The summed E-state index contributed by atoms with van der Waals surface area (Å²) in [5, 5.41) is 1.86. The van der Waals surface area contributed by atoms with Crippen molar-refractivity contribution in [3.63, 3.8) is 0 Å². The number of hydrogen-bond donors (Lipinski definition) is 0. The molecule has 0 N–H and O–H groups in total. The van der Waals surface area contributed by atoms with Crippen LogP contribution < -0.4 is 0 Å². The van der Waals surface area contributed by atoms with Crippen molar-refractivity contribution in [2.75, 3.05) is 0 Å². The largest absolute Gasteiger partial charge is 0.261 e. The monoisotopic (exact) mass is 400 g/mol. The van der Waals surface area contributed by atoms with Crippen molar-refractivity contribution in [2.24, 2.45) is 9.98 Å². The zero-order valence-electron chi connectivity index (χ0n) is 13.7. The Balaban J connectivity index is 1.96. The molecule has 0 atom stereocenters. The van der Waals surface area contributed by atoms with Gasteiger partial charge in [0.05, 0.1) is 0 Å². The van der Waals surface area contributed by atoms with Crippen LogP contribution in [0.1, 0.15) is 22.9 Å². The molecule has 0 aromatic heterocycles. The zero-order chi connectivity index (χ0) is 18.4. The predicted molar refractivity (Wildman–Crippen MR) is 112 cm³/mol. The lowest BCUT2D eigenvalue weighted by Crippen LogP contribution is -1.96. The highest BCUT2D eigenvalue weighted by Crippen LogP contribution is 2.27. The fraction of sp³-hybridized carbons (Fsp3) is 0.0476. The molecule has 0 unspecified atom stereocenters. The van der Waals surface area contributed by atoms with Crippen LogP contribution in [0.5, 0.6) is 0 Å². The highest BCUT2D eigenvalue weighted by atomic mass is 35.5. The first-order valence-corrected chi connectivity index (χ1v) is 9.08. The molecule has 2 nitrogen and oxygen atoms in total. The van der Waals surface area contributed by atoms with Gasteiger partial charge in [-0.05, 0) is 18.2 Å². The average Bonchev–Trinajstić information content (AvgIpc) is 2.65. The second kappa shape index (κ2) is 9.00. The van der Waals surface area contributed by atoms with Crippen LogP contribution in [0.3, 0.4) is 0 Å². The first kappa shape index (κ1) is 18.7. The third-order valence-electron chi connectivity index (χ3n) is 3.70. The molecule has 0 aliphatic carbocycles. The topological polar surface area (TPSA) is 24.7 Å². The third kappa shape index (κ3) is 4.73. The van der Waals surface area contributed by atoms with Crippen LogP contribution in [0.15, 0.2) is 82.8 Å². The summed E-state index contributed by atoms with van der Waals surface area (Å²) < 4.78 is 0. The average molecular weight is 402 g/mol. The smallest absolute Gasteiger partial charge is 0.166 e. The molecule has 0 spiro atoms. The van der Waals surface area contributed by atoms with Crippen molar-refractivity contribution in [3.05, 3.63) is 105 Å². The molecule has 0 amide bonds. The highest BCUT2D eigenvalue weighted by molar-refractivity contribution is 6.33. The zero-order valence-corrected chi connectivity index (χ0v) is 16.0. The maximum atomic E-state index is 6.35. The van der Waals surface area contributed by atoms with Crippen molar-refractivity contribution in [1.29, 1.82) is 0 Å². The van der Waals surface area contributed by atoms with Crippen LogP contribution >= 0.6 is 34.8 Å². The van der Waals surface area contributed by atoms with Gasteiger partial charge in [-0.15, -0.1) is 0 Å². The maximum absolute atomic E-state index is 6.35. The lowest BCUT2D eigenvalue weighted by Gasteiger charge is -2.10.